The van der Waals surface area contributed by atoms with Crippen molar-refractivity contribution in [3.8, 4) is 0 Å². The van der Waals surface area contributed by atoms with E-state index in [2.05, 4.69) is 0 Å². The average Bonchev–Trinajstić information content (AvgIpc) is 2.00. The molecule has 0 aliphatic heterocycles. The highest BCUT2D eigenvalue weighted by molar-refractivity contribution is 6.58. The minimum atomic E-state index is -4.86. The van der Waals surface area contributed by atoms with Crippen LogP contribution < -0.4 is 0 Å². The summed E-state index contributed by atoms with van der Waals surface area (Å²) in [6, 6.07) is 0. The molecule has 90 valence electrons. The summed E-state index contributed by atoms with van der Waals surface area (Å²) >= 11 is 0. The molecule has 15 heavy (non-hydrogen) atoms. The number of nitrogens with zero attached hydrogens (tertiary/aromatic N) is 2. The maximum atomic E-state index is 12.2. The van der Waals surface area contributed by atoms with Crippen LogP contribution in [-0.4, -0.2) is 56.3 Å². The van der Waals surface area contributed by atoms with E-state index >= 15 is 0 Å². The third-order valence-electron chi connectivity index (χ3n) is 1.86. The number of rotatable bonds is 6. The van der Waals surface area contributed by atoms with E-state index in [-0.39, 0.29) is 12.5 Å². The Morgan fingerprint density at radius 1 is 1.27 bits per heavy atom. The van der Waals surface area contributed by atoms with Gasteiger partial charge in [0.1, 0.15) is 0 Å². The second kappa shape index (κ2) is 6.00. The lowest BCUT2D eigenvalue weighted by Gasteiger charge is -2.27. The molecule has 0 N–H and O–H groups in total. The molecule has 1 amide bonds. The van der Waals surface area contributed by atoms with E-state index < -0.39 is 13.4 Å². The zero-order valence-electron chi connectivity index (χ0n) is 9.34. The Morgan fingerprint density at radius 2 is 1.80 bits per heavy atom. The largest absolute Gasteiger partial charge is 0.492 e. The zero-order valence-corrected chi connectivity index (χ0v) is 9.34. The van der Waals surface area contributed by atoms with Crippen molar-refractivity contribution in [1.82, 2.24) is 9.80 Å². The van der Waals surface area contributed by atoms with Crippen molar-refractivity contribution in [3.05, 3.63) is 0 Å². The van der Waals surface area contributed by atoms with Gasteiger partial charge in [0.25, 0.3) is 0 Å². The van der Waals surface area contributed by atoms with Gasteiger partial charge < -0.3 is 22.7 Å². The molecular weight excluding hydrogens is 208 g/mol. The van der Waals surface area contributed by atoms with Gasteiger partial charge in [-0.2, -0.15) is 0 Å². The summed E-state index contributed by atoms with van der Waals surface area (Å²) in [5, 5.41) is 0. The summed E-state index contributed by atoms with van der Waals surface area (Å²) in [6.07, 6.45) is -0.361. The third-order valence-corrected chi connectivity index (χ3v) is 1.86. The molecule has 0 aromatic rings. The Bertz CT molecular complexity index is 209. The smallest absolute Gasteiger partial charge is 0.448 e. The number of amides is 1. The van der Waals surface area contributed by atoms with Gasteiger partial charge in [0, 0.05) is 14.1 Å². The van der Waals surface area contributed by atoms with Crippen LogP contribution in [0.15, 0.2) is 0 Å². The fraction of sp³-hybridized carbons (Fsp3) is 0.875. The second-order valence-electron chi connectivity index (χ2n) is 3.73. The first-order chi connectivity index (χ1) is 6.76. The third kappa shape index (κ3) is 7.24. The summed E-state index contributed by atoms with van der Waals surface area (Å²) in [4.78, 5) is 13.7. The monoisotopic (exact) mass is 225 g/mol. The Kier molecular flexibility index (Phi) is 5.71. The molecule has 7 heteroatoms. The van der Waals surface area contributed by atoms with Crippen molar-refractivity contribution in [2.24, 2.45) is 0 Å². The maximum Gasteiger partial charge on any atom is 0.492 e. The van der Waals surface area contributed by atoms with E-state index in [1.54, 1.807) is 6.92 Å². The Morgan fingerprint density at radius 3 is 2.13 bits per heavy atom. The van der Waals surface area contributed by atoms with E-state index in [9.17, 15) is 17.7 Å². The molecule has 0 radical (unpaired) electrons. The van der Waals surface area contributed by atoms with Crippen LogP contribution in [0.1, 0.15) is 13.3 Å². The minimum Gasteiger partial charge on any atom is -0.448 e. The van der Waals surface area contributed by atoms with Crippen LogP contribution in [0.5, 0.6) is 0 Å². The van der Waals surface area contributed by atoms with Gasteiger partial charge in [-0.3, -0.25) is 4.79 Å². The van der Waals surface area contributed by atoms with Crippen molar-refractivity contribution in [2.45, 2.75) is 13.3 Å². The van der Waals surface area contributed by atoms with Crippen LogP contribution in [-0.2, 0) is 4.79 Å². The van der Waals surface area contributed by atoms with Crippen molar-refractivity contribution < 1.29 is 17.7 Å². The van der Waals surface area contributed by atoms with Gasteiger partial charge in [-0.15, -0.1) is 0 Å². The van der Waals surface area contributed by atoms with Crippen molar-refractivity contribution in [1.29, 1.82) is 0 Å². The highest BCUT2D eigenvalue weighted by atomic mass is 19.4. The van der Waals surface area contributed by atoms with E-state index in [1.165, 1.54) is 19.0 Å². The van der Waals surface area contributed by atoms with Crippen LogP contribution in [0.2, 0.25) is 0 Å². The van der Waals surface area contributed by atoms with Gasteiger partial charge in [0.2, 0.25) is 5.91 Å². The van der Waals surface area contributed by atoms with Gasteiger partial charge in [0.15, 0.2) is 0 Å². The van der Waals surface area contributed by atoms with Crippen LogP contribution in [0.3, 0.4) is 0 Å². The SMILES string of the molecule is CCCN(CC(=O)N(C)C)C[B-](F)(F)F. The van der Waals surface area contributed by atoms with Gasteiger partial charge in [-0.1, -0.05) is 6.92 Å². The van der Waals surface area contributed by atoms with Crippen LogP contribution in [0, 0.1) is 0 Å². The van der Waals surface area contributed by atoms with Crippen molar-refractivity contribution in [2.75, 3.05) is 33.6 Å². The molecule has 0 saturated carbocycles. The predicted molar refractivity (Wildman–Crippen MR) is 54.5 cm³/mol. The zero-order chi connectivity index (χ0) is 12.1. The minimum absolute atomic E-state index is 0.165. The first kappa shape index (κ1) is 14.3. The Balaban J connectivity index is 4.22. The molecule has 0 saturated heterocycles. The molecule has 0 rings (SSSR count). The normalized spacial score (nSPS) is 11.9. The average molecular weight is 225 g/mol. The molecule has 3 nitrogen and oxygen atoms in total. The van der Waals surface area contributed by atoms with Gasteiger partial charge in [-0.25, -0.2) is 0 Å². The summed E-state index contributed by atoms with van der Waals surface area (Å²) < 4.78 is 36.5. The quantitative estimate of drug-likeness (QED) is 0.633. The molecule has 0 aliphatic carbocycles. The standard InChI is InChI=1S/C8H17BF3N2O/c1-4-5-14(7-9(10,11)12)6-8(15)13(2)3/h4-7H2,1-3H3/q-1. The summed E-state index contributed by atoms with van der Waals surface area (Å²) in [6.45, 7) is -2.94. The lowest BCUT2D eigenvalue weighted by Crippen LogP contribution is -2.43. The number of carbonyl (C=O) groups is 1. The van der Waals surface area contributed by atoms with Gasteiger partial charge >= 0.3 is 6.98 Å². The van der Waals surface area contributed by atoms with E-state index in [0.717, 1.165) is 4.90 Å². The molecule has 0 fully saturated rings. The van der Waals surface area contributed by atoms with E-state index in [4.69, 9.17) is 0 Å². The second-order valence-corrected chi connectivity index (χ2v) is 3.73. The van der Waals surface area contributed by atoms with Crippen LogP contribution in [0.25, 0.3) is 0 Å². The highest BCUT2D eigenvalue weighted by Gasteiger charge is 2.27. The Labute approximate surface area is 88.3 Å². The fourth-order valence-corrected chi connectivity index (χ4v) is 1.18. The number of halogens is 3. The van der Waals surface area contributed by atoms with Gasteiger partial charge in [0.05, 0.1) is 6.54 Å². The molecule has 0 heterocycles. The molecule has 0 unspecified atom stereocenters. The first-order valence-electron chi connectivity index (χ1n) is 4.89. The molecule has 0 atom stereocenters. The molecule has 0 bridgehead atoms. The molecule has 0 aromatic heterocycles. The van der Waals surface area contributed by atoms with Crippen LogP contribution >= 0.6 is 0 Å². The van der Waals surface area contributed by atoms with Crippen molar-refractivity contribution >= 4 is 12.9 Å². The Hall–Kier alpha value is -0.715. The highest BCUT2D eigenvalue weighted by Crippen LogP contribution is 2.10. The number of hydrogen-bond acceptors (Lipinski definition) is 2. The summed E-state index contributed by atoms with van der Waals surface area (Å²) in [7, 11) is 3.07. The first-order valence-corrected chi connectivity index (χ1v) is 4.89. The fourth-order valence-electron chi connectivity index (χ4n) is 1.18. The number of hydrogen-bond donors (Lipinski definition) is 0. The molecule has 0 aliphatic rings. The maximum absolute atomic E-state index is 12.2. The van der Waals surface area contributed by atoms with E-state index in [0.29, 0.717) is 13.0 Å². The lowest BCUT2D eigenvalue weighted by atomic mass is 9.91. The van der Waals surface area contributed by atoms with E-state index in [1.807, 2.05) is 0 Å². The number of carbonyl (C=O) groups excluding carboxylic acids is 1. The topological polar surface area (TPSA) is 23.6 Å². The summed E-state index contributed by atoms with van der Waals surface area (Å²) in [5.74, 6) is -0.302. The lowest BCUT2D eigenvalue weighted by molar-refractivity contribution is -0.129. The molecular formula is C8H17BF3N2O-. The molecule has 0 spiro atoms. The molecule has 0 aromatic carbocycles. The predicted octanol–water partition coefficient (Wildman–Crippen LogP) is 1.17. The number of likely N-dealkylation sites (N-methyl/N-ethyl adjacent to an activating group) is 1. The van der Waals surface area contributed by atoms with Crippen molar-refractivity contribution in [3.63, 3.8) is 0 Å². The summed E-state index contributed by atoms with van der Waals surface area (Å²) in [5.41, 5.74) is 0. The van der Waals surface area contributed by atoms with Gasteiger partial charge in [-0.05, 0) is 19.4 Å². The van der Waals surface area contributed by atoms with Crippen LogP contribution in [0.4, 0.5) is 12.9 Å².